The second-order valence-corrected chi connectivity index (χ2v) is 7.20. The monoisotopic (exact) mass is 342 g/mol. The summed E-state index contributed by atoms with van der Waals surface area (Å²) in [5, 5.41) is 9.01. The van der Waals surface area contributed by atoms with E-state index in [1.165, 1.54) is 0 Å². The van der Waals surface area contributed by atoms with E-state index in [0.29, 0.717) is 18.4 Å². The van der Waals surface area contributed by atoms with E-state index in [4.69, 9.17) is 5.26 Å². The van der Waals surface area contributed by atoms with Crippen molar-refractivity contribution in [3.63, 3.8) is 0 Å². The molecule has 121 valence electrons. The van der Waals surface area contributed by atoms with E-state index in [9.17, 15) is 26.4 Å². The summed E-state index contributed by atoms with van der Waals surface area (Å²) in [5.74, 6) is -0.974. The van der Waals surface area contributed by atoms with Gasteiger partial charge in [-0.3, -0.25) is 4.79 Å². The molecule has 4 nitrogen and oxygen atoms in total. The first-order valence-electron chi connectivity index (χ1n) is 6.53. The maximum absolute atomic E-state index is 12.7. The van der Waals surface area contributed by atoms with E-state index in [-0.39, 0.29) is 11.5 Å². The third-order valence-corrected chi connectivity index (χ3v) is 4.35. The van der Waals surface area contributed by atoms with Gasteiger partial charge in [0.2, 0.25) is 5.78 Å². The third kappa shape index (κ3) is 3.99. The highest BCUT2D eigenvalue weighted by Crippen LogP contribution is 2.34. The molecule has 2 rings (SSSR count). The smallest absolute Gasteiger partial charge is 0.288 e. The molecular formula is C15H11F3NO3S. The van der Waals surface area contributed by atoms with Crippen LogP contribution in [0.5, 0.6) is 0 Å². The number of allylic oxidation sites excluding steroid dienone is 2. The lowest BCUT2D eigenvalue weighted by atomic mass is 10.0. The molecular weight excluding hydrogens is 331 g/mol. The Bertz CT molecular complexity index is 829. The van der Waals surface area contributed by atoms with Crippen molar-refractivity contribution < 1.29 is 26.4 Å². The second kappa shape index (κ2) is 5.81. The number of carbonyl (C=O) groups is 1. The normalized spacial score (nSPS) is 16.0. The van der Waals surface area contributed by atoms with Crippen molar-refractivity contribution in [3.05, 3.63) is 41.0 Å². The van der Waals surface area contributed by atoms with Crippen LogP contribution in [0, 0.1) is 23.3 Å². The quantitative estimate of drug-likeness (QED) is 0.479. The van der Waals surface area contributed by atoms with Crippen LogP contribution in [0.4, 0.5) is 13.2 Å². The van der Waals surface area contributed by atoms with E-state index < -0.39 is 37.8 Å². The fraction of sp³-hybridized carbons (Fsp3) is 0.333. The molecule has 0 N–H and O–H groups in total. The number of halogens is 3. The minimum Gasteiger partial charge on any atom is -0.288 e. The molecule has 0 amide bonds. The van der Waals surface area contributed by atoms with Gasteiger partial charge < -0.3 is 0 Å². The van der Waals surface area contributed by atoms with Crippen LogP contribution in [0.1, 0.15) is 28.8 Å². The molecule has 1 fully saturated rings. The van der Waals surface area contributed by atoms with Crippen LogP contribution < -0.4 is 0 Å². The molecule has 0 bridgehead atoms. The first-order valence-corrected chi connectivity index (χ1v) is 8.43. The Hall–Kier alpha value is -2.14. The van der Waals surface area contributed by atoms with E-state index >= 15 is 0 Å². The largest absolute Gasteiger partial charge is 0.416 e. The van der Waals surface area contributed by atoms with E-state index in [0.717, 1.165) is 18.9 Å². The molecule has 1 aliphatic rings. The first kappa shape index (κ1) is 17.2. The molecule has 1 aromatic carbocycles. The number of benzene rings is 1. The Morgan fingerprint density at radius 1 is 1.30 bits per heavy atom. The van der Waals surface area contributed by atoms with Crippen LogP contribution in [0.15, 0.2) is 28.7 Å². The highest BCUT2D eigenvalue weighted by molar-refractivity contribution is 7.90. The standard InChI is InChI=1S/C15H11F3NO3S/c1-23(21,22)13-7-11(15(16,17)18)4-5-12(13)14(20)10(8-19)6-9-2-3-9/h4-5,7,9H,2-3H2,1H3. The zero-order valence-corrected chi connectivity index (χ0v) is 12.8. The lowest BCUT2D eigenvalue weighted by molar-refractivity contribution is -0.137. The molecule has 0 atom stereocenters. The Morgan fingerprint density at radius 3 is 2.35 bits per heavy atom. The average molecular weight is 342 g/mol. The van der Waals surface area contributed by atoms with Gasteiger partial charge in [0.25, 0.3) is 0 Å². The molecule has 8 heteroatoms. The van der Waals surface area contributed by atoms with Crippen molar-refractivity contribution in [1.29, 1.82) is 5.26 Å². The topological polar surface area (TPSA) is 75.0 Å². The molecule has 0 aromatic heterocycles. The summed E-state index contributed by atoms with van der Waals surface area (Å²) in [6.45, 7) is 0. The minimum absolute atomic E-state index is 0.0373. The highest BCUT2D eigenvalue weighted by atomic mass is 32.2. The number of nitrogens with zero attached hydrogens (tertiary/aromatic N) is 1. The Morgan fingerprint density at radius 2 is 1.91 bits per heavy atom. The molecule has 0 heterocycles. The zero-order chi connectivity index (χ0) is 17.4. The van der Waals surface area contributed by atoms with Crippen LogP contribution in [0.2, 0.25) is 0 Å². The lowest BCUT2D eigenvalue weighted by Gasteiger charge is -2.11. The number of sulfone groups is 1. The number of ketones is 1. The summed E-state index contributed by atoms with van der Waals surface area (Å²) >= 11 is 0. The fourth-order valence-electron chi connectivity index (χ4n) is 1.91. The molecule has 1 aliphatic carbocycles. The summed E-state index contributed by atoms with van der Waals surface area (Å²) in [4.78, 5) is 11.6. The van der Waals surface area contributed by atoms with Gasteiger partial charge in [0.05, 0.1) is 10.5 Å². The van der Waals surface area contributed by atoms with Crippen molar-refractivity contribution >= 4 is 15.6 Å². The third-order valence-electron chi connectivity index (χ3n) is 3.22. The van der Waals surface area contributed by atoms with Crippen LogP contribution in [0.25, 0.3) is 0 Å². The van der Waals surface area contributed by atoms with Gasteiger partial charge in [0.15, 0.2) is 9.84 Å². The van der Waals surface area contributed by atoms with Crippen LogP contribution in [0.3, 0.4) is 0 Å². The second-order valence-electron chi connectivity index (χ2n) is 5.22. The van der Waals surface area contributed by atoms with E-state index in [1.807, 2.05) is 0 Å². The Labute approximate surface area is 131 Å². The predicted octanol–water partition coefficient (Wildman–Crippen LogP) is 2.95. The Balaban J connectivity index is 2.58. The minimum atomic E-state index is -4.74. The van der Waals surface area contributed by atoms with Crippen LogP contribution in [-0.2, 0) is 16.0 Å². The maximum atomic E-state index is 12.7. The summed E-state index contributed by atoms with van der Waals surface area (Å²) in [6, 6.07) is 3.45. The fourth-order valence-corrected chi connectivity index (χ4v) is 2.81. The van der Waals surface area contributed by atoms with Crippen molar-refractivity contribution in [1.82, 2.24) is 0 Å². The number of nitriles is 1. The number of Topliss-reactive ketones (excluding diaryl/α,β-unsaturated/α-hetero) is 1. The summed E-state index contributed by atoms with van der Waals surface area (Å²) in [7, 11) is -4.09. The number of carbonyl (C=O) groups excluding carboxylic acids is 1. The number of alkyl halides is 3. The van der Waals surface area contributed by atoms with Gasteiger partial charge in [0.1, 0.15) is 11.6 Å². The average Bonchev–Trinajstić information content (AvgIpc) is 3.25. The Kier molecular flexibility index (Phi) is 4.35. The van der Waals surface area contributed by atoms with E-state index in [1.54, 1.807) is 6.07 Å². The van der Waals surface area contributed by atoms with Crippen molar-refractivity contribution in [2.24, 2.45) is 5.92 Å². The SMILES string of the molecule is CS(=O)(=O)c1cc(C(F)(F)F)ccc1C(=O)/C(=[C]/C1CC1)C#N. The number of rotatable bonds is 4. The van der Waals surface area contributed by atoms with Gasteiger partial charge in [-0.25, -0.2) is 8.42 Å². The molecule has 1 saturated carbocycles. The molecule has 0 unspecified atom stereocenters. The first-order chi connectivity index (χ1) is 10.5. The molecule has 0 saturated heterocycles. The zero-order valence-electron chi connectivity index (χ0n) is 11.9. The van der Waals surface area contributed by atoms with Gasteiger partial charge in [-0.05, 0) is 43.0 Å². The van der Waals surface area contributed by atoms with Crippen LogP contribution >= 0.6 is 0 Å². The van der Waals surface area contributed by atoms with E-state index in [2.05, 4.69) is 6.08 Å². The van der Waals surface area contributed by atoms with Gasteiger partial charge in [0, 0.05) is 11.8 Å². The van der Waals surface area contributed by atoms with Gasteiger partial charge in [-0.2, -0.15) is 18.4 Å². The number of hydrogen-bond donors (Lipinski definition) is 0. The molecule has 0 spiro atoms. The number of hydrogen-bond acceptors (Lipinski definition) is 4. The highest BCUT2D eigenvalue weighted by Gasteiger charge is 2.33. The van der Waals surface area contributed by atoms with Crippen molar-refractivity contribution in [2.45, 2.75) is 23.9 Å². The summed E-state index contributed by atoms with van der Waals surface area (Å²) in [6.07, 6.45) is 0.155. The lowest BCUT2D eigenvalue weighted by Crippen LogP contribution is -2.13. The molecule has 0 aliphatic heterocycles. The van der Waals surface area contributed by atoms with Gasteiger partial charge in [-0.1, -0.05) is 0 Å². The van der Waals surface area contributed by atoms with Gasteiger partial charge in [-0.15, -0.1) is 0 Å². The maximum Gasteiger partial charge on any atom is 0.416 e. The van der Waals surface area contributed by atoms with Crippen molar-refractivity contribution in [2.75, 3.05) is 6.26 Å². The predicted molar refractivity (Wildman–Crippen MR) is 74.0 cm³/mol. The van der Waals surface area contributed by atoms with Crippen LogP contribution in [-0.4, -0.2) is 20.5 Å². The molecule has 1 aromatic rings. The summed E-state index contributed by atoms with van der Waals surface area (Å²) < 4.78 is 61.7. The molecule has 1 radical (unpaired) electrons. The molecule has 23 heavy (non-hydrogen) atoms. The van der Waals surface area contributed by atoms with Crippen molar-refractivity contribution in [3.8, 4) is 6.07 Å². The van der Waals surface area contributed by atoms with Gasteiger partial charge >= 0.3 is 6.18 Å². The summed E-state index contributed by atoms with van der Waals surface area (Å²) in [5.41, 5.74) is -2.01.